The molecule has 0 bridgehead atoms. The minimum absolute atomic E-state index is 0.0267. The van der Waals surface area contributed by atoms with Crippen molar-refractivity contribution in [3.8, 4) is 0 Å². The van der Waals surface area contributed by atoms with Crippen LogP contribution in [0.2, 0.25) is 0 Å². The van der Waals surface area contributed by atoms with Gasteiger partial charge in [-0.05, 0) is 38.8 Å². The standard InChI is InChI=1S/C14H22N2O2/c1-2-10-13(18)15-12(17)9-14(10)6-8-16-7-4-3-5-11(14)16/h10-11H,2-9H2,1H3,(H,15,17,18). The van der Waals surface area contributed by atoms with Crippen molar-refractivity contribution in [1.29, 1.82) is 0 Å². The Morgan fingerprint density at radius 1 is 1.33 bits per heavy atom. The second kappa shape index (κ2) is 4.34. The van der Waals surface area contributed by atoms with Crippen molar-refractivity contribution in [2.24, 2.45) is 11.3 Å². The first-order chi connectivity index (χ1) is 8.67. The Morgan fingerprint density at radius 2 is 2.17 bits per heavy atom. The molecule has 2 amide bonds. The van der Waals surface area contributed by atoms with E-state index >= 15 is 0 Å². The minimum Gasteiger partial charge on any atom is -0.300 e. The van der Waals surface area contributed by atoms with E-state index in [0.717, 1.165) is 32.4 Å². The minimum atomic E-state index is -0.0609. The normalized spacial score (nSPS) is 40.9. The lowest BCUT2D eigenvalue weighted by atomic mass is 9.63. The third-order valence-corrected chi connectivity index (χ3v) is 5.31. The quantitative estimate of drug-likeness (QED) is 0.714. The molecule has 3 aliphatic rings. The van der Waals surface area contributed by atoms with Crippen LogP contribution >= 0.6 is 0 Å². The van der Waals surface area contributed by atoms with Gasteiger partial charge in [-0.2, -0.15) is 0 Å². The Labute approximate surface area is 108 Å². The molecule has 100 valence electrons. The molecular formula is C14H22N2O2. The number of nitrogens with one attached hydrogen (secondary N) is 1. The lowest BCUT2D eigenvalue weighted by molar-refractivity contribution is -0.145. The predicted molar refractivity (Wildman–Crippen MR) is 67.8 cm³/mol. The Morgan fingerprint density at radius 3 is 2.94 bits per heavy atom. The van der Waals surface area contributed by atoms with Crippen molar-refractivity contribution in [1.82, 2.24) is 10.2 Å². The summed E-state index contributed by atoms with van der Waals surface area (Å²) in [5, 5.41) is 2.53. The van der Waals surface area contributed by atoms with Crippen LogP contribution in [0.5, 0.6) is 0 Å². The van der Waals surface area contributed by atoms with Gasteiger partial charge >= 0.3 is 0 Å². The van der Waals surface area contributed by atoms with Gasteiger partial charge in [-0.1, -0.05) is 13.3 Å². The first-order valence-corrected chi connectivity index (χ1v) is 7.25. The van der Waals surface area contributed by atoms with Crippen LogP contribution < -0.4 is 5.32 Å². The Hall–Kier alpha value is -0.900. The van der Waals surface area contributed by atoms with Crippen LogP contribution in [0.25, 0.3) is 0 Å². The van der Waals surface area contributed by atoms with E-state index in [-0.39, 0.29) is 23.1 Å². The number of fused-ring (bicyclic) bond motifs is 2. The summed E-state index contributed by atoms with van der Waals surface area (Å²) < 4.78 is 0. The maximum absolute atomic E-state index is 12.1. The Kier molecular flexibility index (Phi) is 2.93. The van der Waals surface area contributed by atoms with Crippen LogP contribution in [-0.4, -0.2) is 35.8 Å². The lowest BCUT2D eigenvalue weighted by Gasteiger charge is -2.46. The molecule has 3 heterocycles. The van der Waals surface area contributed by atoms with Crippen LogP contribution in [-0.2, 0) is 9.59 Å². The zero-order valence-electron chi connectivity index (χ0n) is 11.1. The highest BCUT2D eigenvalue weighted by Gasteiger charge is 2.56. The number of hydrogen-bond acceptors (Lipinski definition) is 3. The first-order valence-electron chi connectivity index (χ1n) is 7.25. The zero-order chi connectivity index (χ0) is 12.8. The van der Waals surface area contributed by atoms with Crippen LogP contribution in [0, 0.1) is 11.3 Å². The van der Waals surface area contributed by atoms with E-state index < -0.39 is 0 Å². The molecule has 1 N–H and O–H groups in total. The average Bonchev–Trinajstić information content (AvgIpc) is 2.69. The summed E-state index contributed by atoms with van der Waals surface area (Å²) in [7, 11) is 0. The molecule has 0 saturated carbocycles. The van der Waals surface area contributed by atoms with E-state index in [1.54, 1.807) is 0 Å². The smallest absolute Gasteiger partial charge is 0.230 e. The second-order valence-corrected chi connectivity index (χ2v) is 6.08. The lowest BCUT2D eigenvalue weighted by Crippen LogP contribution is -2.57. The zero-order valence-corrected chi connectivity index (χ0v) is 11.1. The maximum atomic E-state index is 12.1. The number of nitrogens with zero attached hydrogens (tertiary/aromatic N) is 1. The number of hydrogen-bond donors (Lipinski definition) is 1. The van der Waals surface area contributed by atoms with Crippen molar-refractivity contribution in [2.75, 3.05) is 13.1 Å². The van der Waals surface area contributed by atoms with Gasteiger partial charge < -0.3 is 0 Å². The van der Waals surface area contributed by atoms with E-state index in [1.807, 2.05) is 0 Å². The van der Waals surface area contributed by atoms with Gasteiger partial charge in [0, 0.05) is 23.8 Å². The number of rotatable bonds is 1. The van der Waals surface area contributed by atoms with Crippen molar-refractivity contribution < 1.29 is 9.59 Å². The molecule has 18 heavy (non-hydrogen) atoms. The van der Waals surface area contributed by atoms with Gasteiger partial charge in [0.25, 0.3) is 0 Å². The number of carbonyl (C=O) groups excluding carboxylic acids is 2. The molecule has 4 nitrogen and oxygen atoms in total. The SMILES string of the molecule is CCC1C(=O)NC(=O)CC12CCN1CCCCC12. The number of imide groups is 1. The average molecular weight is 250 g/mol. The molecule has 4 heteroatoms. The van der Waals surface area contributed by atoms with Gasteiger partial charge in [0.2, 0.25) is 11.8 Å². The molecule has 0 aromatic rings. The summed E-state index contributed by atoms with van der Waals surface area (Å²) in [6, 6.07) is 0.464. The van der Waals surface area contributed by atoms with Gasteiger partial charge in [-0.25, -0.2) is 0 Å². The summed E-state index contributed by atoms with van der Waals surface area (Å²) >= 11 is 0. The van der Waals surface area contributed by atoms with Gasteiger partial charge in [0.05, 0.1) is 0 Å². The van der Waals surface area contributed by atoms with Crippen molar-refractivity contribution in [3.63, 3.8) is 0 Å². The second-order valence-electron chi connectivity index (χ2n) is 6.08. The highest BCUT2D eigenvalue weighted by atomic mass is 16.2. The first kappa shape index (κ1) is 12.2. The fourth-order valence-corrected chi connectivity index (χ4v) is 4.58. The molecule has 0 aromatic heterocycles. The Balaban J connectivity index is 1.95. The van der Waals surface area contributed by atoms with Crippen molar-refractivity contribution in [2.45, 2.75) is 51.5 Å². The highest BCUT2D eigenvalue weighted by molar-refractivity contribution is 5.99. The molecule has 3 rings (SSSR count). The highest BCUT2D eigenvalue weighted by Crippen LogP contribution is 2.51. The molecule has 3 aliphatic heterocycles. The molecular weight excluding hydrogens is 228 g/mol. The van der Waals surface area contributed by atoms with Gasteiger partial charge in [-0.3, -0.25) is 19.8 Å². The van der Waals surface area contributed by atoms with Crippen LogP contribution in [0.4, 0.5) is 0 Å². The van der Waals surface area contributed by atoms with Crippen molar-refractivity contribution in [3.05, 3.63) is 0 Å². The molecule has 3 atom stereocenters. The summed E-state index contributed by atoms with van der Waals surface area (Å²) in [4.78, 5) is 26.5. The van der Waals surface area contributed by atoms with Gasteiger partial charge in [0.15, 0.2) is 0 Å². The fraction of sp³-hybridized carbons (Fsp3) is 0.857. The van der Waals surface area contributed by atoms with E-state index in [0.29, 0.717) is 12.5 Å². The fourth-order valence-electron chi connectivity index (χ4n) is 4.58. The van der Waals surface area contributed by atoms with Gasteiger partial charge in [-0.15, -0.1) is 0 Å². The van der Waals surface area contributed by atoms with Crippen LogP contribution in [0.3, 0.4) is 0 Å². The number of carbonyl (C=O) groups is 2. The van der Waals surface area contributed by atoms with E-state index in [4.69, 9.17) is 0 Å². The largest absolute Gasteiger partial charge is 0.300 e. The maximum Gasteiger partial charge on any atom is 0.230 e. The van der Waals surface area contributed by atoms with Crippen molar-refractivity contribution >= 4 is 11.8 Å². The molecule has 3 fully saturated rings. The molecule has 3 saturated heterocycles. The molecule has 3 unspecified atom stereocenters. The van der Waals surface area contributed by atoms with Crippen LogP contribution in [0.15, 0.2) is 0 Å². The number of amides is 2. The summed E-state index contributed by atoms with van der Waals surface area (Å²) in [5.74, 6) is -0.0541. The van der Waals surface area contributed by atoms with Crippen LogP contribution in [0.1, 0.15) is 45.4 Å². The topological polar surface area (TPSA) is 49.4 Å². The monoisotopic (exact) mass is 250 g/mol. The number of piperidine rings is 2. The molecule has 0 aromatic carbocycles. The third kappa shape index (κ3) is 1.62. The summed E-state index contributed by atoms with van der Waals surface area (Å²) in [6.45, 7) is 4.30. The summed E-state index contributed by atoms with van der Waals surface area (Å²) in [5.41, 5.74) is -0.0609. The Bertz CT molecular complexity index is 382. The van der Waals surface area contributed by atoms with E-state index in [9.17, 15) is 9.59 Å². The van der Waals surface area contributed by atoms with E-state index in [1.165, 1.54) is 12.8 Å². The summed E-state index contributed by atoms with van der Waals surface area (Å²) in [6.07, 6.45) is 6.10. The predicted octanol–water partition coefficient (Wildman–Crippen LogP) is 1.30. The van der Waals surface area contributed by atoms with E-state index in [2.05, 4.69) is 17.1 Å². The molecule has 0 aliphatic carbocycles. The third-order valence-electron chi connectivity index (χ3n) is 5.31. The molecule has 1 spiro atoms. The molecule has 0 radical (unpaired) electrons. The van der Waals surface area contributed by atoms with Gasteiger partial charge in [0.1, 0.15) is 0 Å².